The van der Waals surface area contributed by atoms with Crippen molar-refractivity contribution in [3.8, 4) is 0 Å². The molecule has 0 fully saturated rings. The topological polar surface area (TPSA) is 27.2 Å². The molecule has 1 aliphatic rings. The maximum Gasteiger partial charge on any atom is 0.202 e. The van der Waals surface area contributed by atoms with Crippen molar-refractivity contribution < 1.29 is 4.90 Å². The van der Waals surface area contributed by atoms with E-state index in [1.807, 2.05) is 22.9 Å². The van der Waals surface area contributed by atoms with E-state index in [-0.39, 0.29) is 0 Å². The lowest BCUT2D eigenvalue weighted by molar-refractivity contribution is -0.917. The number of nitrogens with zero attached hydrogens (tertiary/aromatic N) is 3. The Bertz CT molecular complexity index is 753. The van der Waals surface area contributed by atoms with Gasteiger partial charge in [0.2, 0.25) is 4.77 Å². The van der Waals surface area contributed by atoms with E-state index >= 15 is 0 Å². The number of hydrogen-bond donors (Lipinski definition) is 1. The van der Waals surface area contributed by atoms with Gasteiger partial charge < -0.3 is 9.47 Å². The van der Waals surface area contributed by atoms with Crippen molar-refractivity contribution in [1.82, 2.24) is 14.3 Å². The summed E-state index contributed by atoms with van der Waals surface area (Å²) in [5, 5.41) is 5.92. The minimum Gasteiger partial charge on any atom is -0.315 e. The molecule has 0 aliphatic carbocycles. The maximum absolute atomic E-state index is 6.09. The molecule has 0 amide bonds. The normalized spacial score (nSPS) is 16.0. The zero-order valence-electron chi connectivity index (χ0n) is 13.2. The number of aryl methyl sites for hydroxylation is 1. The standard InChI is InChI=1S/C16H20Cl2N4S/c1-20(10-12-6-7-13(17)14(18)9-12)11-22-16(23)21-8-4-2-3-5-15(21)19-22/h6-7,9H,2-5,8,10-11H2,1H3/p+1. The third kappa shape index (κ3) is 3.97. The first-order valence-corrected chi connectivity index (χ1v) is 9.13. The van der Waals surface area contributed by atoms with Crippen LogP contribution in [-0.4, -0.2) is 21.4 Å². The number of nitrogens with one attached hydrogen (secondary N) is 1. The number of halogens is 2. The van der Waals surface area contributed by atoms with E-state index in [1.54, 1.807) is 0 Å². The quantitative estimate of drug-likeness (QED) is 0.835. The first-order chi connectivity index (χ1) is 11.0. The number of fused-ring (bicyclic) bond motifs is 1. The summed E-state index contributed by atoms with van der Waals surface area (Å²) in [6.07, 6.45) is 4.69. The molecule has 23 heavy (non-hydrogen) atoms. The second-order valence-electron chi connectivity index (χ2n) is 6.20. The first-order valence-electron chi connectivity index (χ1n) is 7.96. The van der Waals surface area contributed by atoms with Gasteiger partial charge in [0.05, 0.1) is 17.1 Å². The van der Waals surface area contributed by atoms with Crippen molar-refractivity contribution >= 4 is 35.4 Å². The minimum absolute atomic E-state index is 0.591. The van der Waals surface area contributed by atoms with E-state index in [0.29, 0.717) is 10.0 Å². The predicted molar refractivity (Wildman–Crippen MR) is 95.7 cm³/mol. The molecule has 1 aromatic heterocycles. The van der Waals surface area contributed by atoms with Crippen LogP contribution in [0.25, 0.3) is 0 Å². The molecule has 1 aromatic carbocycles. The van der Waals surface area contributed by atoms with Crippen LogP contribution in [-0.2, 0) is 26.2 Å². The summed E-state index contributed by atoms with van der Waals surface area (Å²) in [5.74, 6) is 1.13. The van der Waals surface area contributed by atoms with Gasteiger partial charge in [0.25, 0.3) is 0 Å². The second kappa shape index (κ2) is 7.34. The van der Waals surface area contributed by atoms with Crippen molar-refractivity contribution in [1.29, 1.82) is 0 Å². The van der Waals surface area contributed by atoms with Gasteiger partial charge in [-0.25, -0.2) is 0 Å². The molecule has 7 heteroatoms. The van der Waals surface area contributed by atoms with Crippen LogP contribution < -0.4 is 4.90 Å². The van der Waals surface area contributed by atoms with E-state index in [0.717, 1.165) is 42.3 Å². The molecule has 2 aromatic rings. The molecule has 1 atom stereocenters. The average Bonchev–Trinajstić information content (AvgIpc) is 2.68. The molecule has 1 N–H and O–H groups in total. The molecule has 0 saturated heterocycles. The maximum atomic E-state index is 6.09. The number of benzene rings is 1. The van der Waals surface area contributed by atoms with Gasteiger partial charge in [0.15, 0.2) is 6.67 Å². The van der Waals surface area contributed by atoms with Crippen LogP contribution in [0.15, 0.2) is 18.2 Å². The summed E-state index contributed by atoms with van der Waals surface area (Å²) in [5.41, 5.74) is 1.16. The van der Waals surface area contributed by atoms with Gasteiger partial charge in [-0.3, -0.25) is 0 Å². The summed E-state index contributed by atoms with van der Waals surface area (Å²) < 4.78 is 5.01. The van der Waals surface area contributed by atoms with Crippen LogP contribution in [0.4, 0.5) is 0 Å². The van der Waals surface area contributed by atoms with Crippen LogP contribution in [0.1, 0.15) is 30.7 Å². The summed E-state index contributed by atoms with van der Waals surface area (Å²) in [6.45, 7) is 2.60. The zero-order valence-corrected chi connectivity index (χ0v) is 15.5. The lowest BCUT2D eigenvalue weighted by Crippen LogP contribution is -3.07. The monoisotopic (exact) mass is 371 g/mol. The Hall–Kier alpha value is -0.880. The molecular weight excluding hydrogens is 351 g/mol. The highest BCUT2D eigenvalue weighted by Crippen LogP contribution is 2.22. The van der Waals surface area contributed by atoms with Crippen molar-refractivity contribution in [2.75, 3.05) is 7.05 Å². The lowest BCUT2D eigenvalue weighted by atomic mass is 10.2. The predicted octanol–water partition coefficient (Wildman–Crippen LogP) is 3.12. The molecule has 0 saturated carbocycles. The molecule has 3 rings (SSSR count). The van der Waals surface area contributed by atoms with Crippen LogP contribution in [0.3, 0.4) is 0 Å². The Morgan fingerprint density at radius 2 is 2.04 bits per heavy atom. The highest BCUT2D eigenvalue weighted by molar-refractivity contribution is 7.71. The fourth-order valence-corrected chi connectivity index (χ4v) is 3.66. The van der Waals surface area contributed by atoms with Crippen LogP contribution >= 0.6 is 35.4 Å². The Morgan fingerprint density at radius 3 is 2.83 bits per heavy atom. The fourth-order valence-electron chi connectivity index (χ4n) is 3.04. The van der Waals surface area contributed by atoms with E-state index in [9.17, 15) is 0 Å². The van der Waals surface area contributed by atoms with Crippen molar-refractivity contribution in [3.63, 3.8) is 0 Å². The van der Waals surface area contributed by atoms with E-state index in [2.05, 4.69) is 11.6 Å². The van der Waals surface area contributed by atoms with Crippen LogP contribution in [0, 0.1) is 4.77 Å². The molecular formula is C16H21Cl2N4S+. The third-order valence-electron chi connectivity index (χ3n) is 4.19. The van der Waals surface area contributed by atoms with Gasteiger partial charge >= 0.3 is 0 Å². The highest BCUT2D eigenvalue weighted by Gasteiger charge is 2.15. The van der Waals surface area contributed by atoms with Gasteiger partial charge in [-0.05, 0) is 37.2 Å². The number of hydrogen-bond acceptors (Lipinski definition) is 2. The van der Waals surface area contributed by atoms with E-state index < -0.39 is 0 Å². The molecule has 1 aliphatic heterocycles. The van der Waals surface area contributed by atoms with Crippen LogP contribution in [0.2, 0.25) is 10.0 Å². The average molecular weight is 372 g/mol. The summed E-state index contributed by atoms with van der Waals surface area (Å²) in [4.78, 5) is 1.30. The number of aromatic nitrogens is 3. The minimum atomic E-state index is 0.591. The van der Waals surface area contributed by atoms with Gasteiger partial charge in [0.1, 0.15) is 12.4 Å². The molecule has 0 radical (unpaired) electrons. The van der Waals surface area contributed by atoms with Crippen LogP contribution in [0.5, 0.6) is 0 Å². The summed E-state index contributed by atoms with van der Waals surface area (Å²) in [7, 11) is 2.13. The Balaban J connectivity index is 1.71. The smallest absolute Gasteiger partial charge is 0.202 e. The third-order valence-corrected chi connectivity index (χ3v) is 5.36. The first kappa shape index (κ1) is 17.0. The SMILES string of the molecule is C[NH+](Cc1ccc(Cl)c(Cl)c1)Cn1nc2n(c1=S)CCCCC2. The molecule has 4 nitrogen and oxygen atoms in total. The van der Waals surface area contributed by atoms with E-state index in [1.165, 1.54) is 24.2 Å². The largest absolute Gasteiger partial charge is 0.315 e. The molecule has 2 heterocycles. The molecule has 124 valence electrons. The molecule has 0 spiro atoms. The highest BCUT2D eigenvalue weighted by atomic mass is 35.5. The van der Waals surface area contributed by atoms with Gasteiger partial charge in [-0.2, -0.15) is 9.78 Å². The van der Waals surface area contributed by atoms with Gasteiger partial charge in [-0.15, -0.1) is 0 Å². The second-order valence-corrected chi connectivity index (χ2v) is 7.38. The van der Waals surface area contributed by atoms with Crippen molar-refractivity contribution in [2.24, 2.45) is 0 Å². The van der Waals surface area contributed by atoms with Crippen molar-refractivity contribution in [3.05, 3.63) is 44.4 Å². The Kier molecular flexibility index (Phi) is 5.42. The Morgan fingerprint density at radius 1 is 1.22 bits per heavy atom. The Labute approximate surface area is 151 Å². The summed E-state index contributed by atoms with van der Waals surface area (Å²) in [6, 6.07) is 5.78. The zero-order chi connectivity index (χ0) is 16.4. The van der Waals surface area contributed by atoms with Gasteiger partial charge in [0, 0.05) is 18.5 Å². The summed E-state index contributed by atoms with van der Waals surface area (Å²) >= 11 is 17.7. The van der Waals surface area contributed by atoms with Gasteiger partial charge in [-0.1, -0.05) is 35.7 Å². The molecule has 1 unspecified atom stereocenters. The fraction of sp³-hybridized carbons (Fsp3) is 0.500. The van der Waals surface area contributed by atoms with Crippen molar-refractivity contribution in [2.45, 2.75) is 45.4 Å². The lowest BCUT2D eigenvalue weighted by Gasteiger charge is -2.14. The molecule has 0 bridgehead atoms. The van der Waals surface area contributed by atoms with E-state index in [4.69, 9.17) is 40.5 Å². The number of rotatable bonds is 4. The number of quaternary nitrogens is 1.